The number of nitrogens with two attached hydrogens (primary N) is 1. The number of carbonyl (C=O) groups is 1. The monoisotopic (exact) mass is 220 g/mol. The first-order chi connectivity index (χ1) is 7.62. The van der Waals surface area contributed by atoms with Gasteiger partial charge in [-0.1, -0.05) is 0 Å². The summed E-state index contributed by atoms with van der Waals surface area (Å²) in [7, 11) is 2.74. The summed E-state index contributed by atoms with van der Waals surface area (Å²) in [6, 6.07) is 5.12. The summed E-state index contributed by atoms with van der Waals surface area (Å²) in [6.45, 7) is 0. The summed E-state index contributed by atoms with van der Waals surface area (Å²) in [5.74, 6) is -0.0513. The molecule has 0 radical (unpaired) electrons. The highest BCUT2D eigenvalue weighted by Gasteiger charge is 2.11. The number of benzene rings is 1. The highest BCUT2D eigenvalue weighted by Crippen LogP contribution is 2.27. The molecular weight excluding hydrogens is 208 g/mol. The highest BCUT2D eigenvalue weighted by atomic mass is 16.5. The molecule has 0 bridgehead atoms. The maximum atomic E-state index is 11.1. The lowest BCUT2D eigenvalue weighted by molar-refractivity contribution is -0.139. The van der Waals surface area contributed by atoms with E-state index in [0.29, 0.717) is 22.6 Å². The Morgan fingerprint density at radius 1 is 1.50 bits per heavy atom. The summed E-state index contributed by atoms with van der Waals surface area (Å²) < 4.78 is 9.52. The highest BCUT2D eigenvalue weighted by molar-refractivity contribution is 5.74. The summed E-state index contributed by atoms with van der Waals surface area (Å²) >= 11 is 0. The van der Waals surface area contributed by atoms with Crippen molar-refractivity contribution in [2.45, 2.75) is 6.42 Å². The summed E-state index contributed by atoms with van der Waals surface area (Å²) in [5.41, 5.74) is 6.96. The van der Waals surface area contributed by atoms with Gasteiger partial charge in [-0.2, -0.15) is 5.26 Å². The van der Waals surface area contributed by atoms with Crippen LogP contribution in [0.3, 0.4) is 0 Å². The van der Waals surface area contributed by atoms with Crippen LogP contribution in [0.2, 0.25) is 0 Å². The Balaban J connectivity index is 3.12. The fourth-order valence-corrected chi connectivity index (χ4v) is 1.37. The fourth-order valence-electron chi connectivity index (χ4n) is 1.37. The van der Waals surface area contributed by atoms with Crippen LogP contribution < -0.4 is 10.5 Å². The number of rotatable bonds is 3. The average molecular weight is 220 g/mol. The Hall–Kier alpha value is -2.22. The van der Waals surface area contributed by atoms with Crippen LogP contribution in [0.25, 0.3) is 0 Å². The zero-order valence-corrected chi connectivity index (χ0v) is 9.11. The van der Waals surface area contributed by atoms with Crippen LogP contribution in [0.15, 0.2) is 12.1 Å². The Bertz CT molecular complexity index is 449. The average Bonchev–Trinajstić information content (AvgIpc) is 2.28. The second kappa shape index (κ2) is 5.03. The van der Waals surface area contributed by atoms with Crippen molar-refractivity contribution >= 4 is 11.7 Å². The van der Waals surface area contributed by atoms with Gasteiger partial charge in [-0.25, -0.2) is 0 Å². The SMILES string of the molecule is COC(=O)Cc1cc(N)c(OC)c(C#N)c1. The molecule has 0 aliphatic rings. The molecule has 84 valence electrons. The molecule has 5 heteroatoms. The van der Waals surface area contributed by atoms with Crippen molar-refractivity contribution in [1.29, 1.82) is 5.26 Å². The second-order valence-corrected chi connectivity index (χ2v) is 3.13. The molecule has 0 saturated heterocycles. The fraction of sp³-hybridized carbons (Fsp3) is 0.273. The number of esters is 1. The number of methoxy groups -OCH3 is 2. The zero-order valence-electron chi connectivity index (χ0n) is 9.11. The van der Waals surface area contributed by atoms with Gasteiger partial charge >= 0.3 is 5.97 Å². The van der Waals surface area contributed by atoms with Crippen LogP contribution in [0.5, 0.6) is 5.75 Å². The Kier molecular flexibility index (Phi) is 3.72. The van der Waals surface area contributed by atoms with Gasteiger partial charge in [0.25, 0.3) is 0 Å². The van der Waals surface area contributed by atoms with Gasteiger partial charge in [0, 0.05) is 0 Å². The third kappa shape index (κ3) is 2.42. The molecule has 0 aliphatic heterocycles. The van der Waals surface area contributed by atoms with Crippen molar-refractivity contribution in [1.82, 2.24) is 0 Å². The third-order valence-electron chi connectivity index (χ3n) is 2.08. The molecule has 1 aromatic carbocycles. The lowest BCUT2D eigenvalue weighted by Crippen LogP contribution is -2.06. The molecule has 16 heavy (non-hydrogen) atoms. The first-order valence-corrected chi connectivity index (χ1v) is 4.55. The number of hydrogen-bond acceptors (Lipinski definition) is 5. The number of nitrogens with zero attached hydrogens (tertiary/aromatic N) is 1. The minimum Gasteiger partial charge on any atom is -0.493 e. The van der Waals surface area contributed by atoms with Crippen molar-refractivity contribution in [3.05, 3.63) is 23.3 Å². The molecule has 0 heterocycles. The van der Waals surface area contributed by atoms with Crippen LogP contribution in [0.1, 0.15) is 11.1 Å². The minimum atomic E-state index is -0.381. The van der Waals surface area contributed by atoms with E-state index >= 15 is 0 Å². The molecule has 0 aliphatic carbocycles. The zero-order chi connectivity index (χ0) is 12.1. The Morgan fingerprint density at radius 2 is 2.19 bits per heavy atom. The molecule has 1 aromatic rings. The van der Waals surface area contributed by atoms with E-state index in [1.165, 1.54) is 14.2 Å². The minimum absolute atomic E-state index is 0.0827. The van der Waals surface area contributed by atoms with Crippen molar-refractivity contribution in [2.75, 3.05) is 20.0 Å². The molecule has 0 atom stereocenters. The van der Waals surface area contributed by atoms with Gasteiger partial charge in [0.2, 0.25) is 0 Å². The van der Waals surface area contributed by atoms with E-state index in [1.54, 1.807) is 12.1 Å². The van der Waals surface area contributed by atoms with E-state index in [9.17, 15) is 4.79 Å². The smallest absolute Gasteiger partial charge is 0.309 e. The first kappa shape index (κ1) is 11.9. The predicted octanol–water partition coefficient (Wildman–Crippen LogP) is 0.865. The third-order valence-corrected chi connectivity index (χ3v) is 2.08. The number of hydrogen-bond donors (Lipinski definition) is 1. The number of carbonyl (C=O) groups excluding carboxylic acids is 1. The van der Waals surface area contributed by atoms with E-state index in [1.807, 2.05) is 6.07 Å². The van der Waals surface area contributed by atoms with Gasteiger partial charge in [-0.3, -0.25) is 4.79 Å². The largest absolute Gasteiger partial charge is 0.493 e. The van der Waals surface area contributed by atoms with Crippen molar-refractivity contribution < 1.29 is 14.3 Å². The normalized spacial score (nSPS) is 9.31. The van der Waals surface area contributed by atoms with Gasteiger partial charge in [0.15, 0.2) is 5.75 Å². The van der Waals surface area contributed by atoms with Crippen molar-refractivity contribution in [3.63, 3.8) is 0 Å². The molecule has 1 rings (SSSR count). The van der Waals surface area contributed by atoms with Crippen molar-refractivity contribution in [2.24, 2.45) is 0 Å². The van der Waals surface area contributed by atoms with Gasteiger partial charge in [0.05, 0.1) is 31.9 Å². The lowest BCUT2D eigenvalue weighted by atomic mass is 10.1. The molecule has 5 nitrogen and oxygen atoms in total. The lowest BCUT2D eigenvalue weighted by Gasteiger charge is -2.08. The first-order valence-electron chi connectivity index (χ1n) is 4.55. The number of nitrogen functional groups attached to an aromatic ring is 1. The van der Waals surface area contributed by atoms with E-state index in [2.05, 4.69) is 4.74 Å². The maximum absolute atomic E-state index is 11.1. The molecular formula is C11H12N2O3. The molecule has 2 N–H and O–H groups in total. The molecule has 0 saturated carbocycles. The number of ether oxygens (including phenoxy) is 2. The van der Waals surface area contributed by atoms with Gasteiger partial charge in [0.1, 0.15) is 6.07 Å². The molecule has 0 aromatic heterocycles. The van der Waals surface area contributed by atoms with Crippen LogP contribution in [0.4, 0.5) is 5.69 Å². The number of nitriles is 1. The molecule has 0 unspecified atom stereocenters. The van der Waals surface area contributed by atoms with E-state index < -0.39 is 0 Å². The van der Waals surface area contributed by atoms with Gasteiger partial charge < -0.3 is 15.2 Å². The Labute approximate surface area is 93.4 Å². The summed E-state index contributed by atoms with van der Waals surface area (Å²) in [6.07, 6.45) is 0.0827. The molecule has 0 fully saturated rings. The summed E-state index contributed by atoms with van der Waals surface area (Å²) in [5, 5.41) is 8.89. The number of anilines is 1. The van der Waals surface area contributed by atoms with E-state index in [0.717, 1.165) is 0 Å². The van der Waals surface area contributed by atoms with Crippen molar-refractivity contribution in [3.8, 4) is 11.8 Å². The molecule has 0 spiro atoms. The van der Waals surface area contributed by atoms with Crippen LogP contribution in [0, 0.1) is 11.3 Å². The van der Waals surface area contributed by atoms with E-state index in [-0.39, 0.29) is 12.4 Å². The van der Waals surface area contributed by atoms with Crippen LogP contribution >= 0.6 is 0 Å². The predicted molar refractivity (Wildman–Crippen MR) is 57.8 cm³/mol. The van der Waals surface area contributed by atoms with E-state index in [4.69, 9.17) is 15.7 Å². The van der Waals surface area contributed by atoms with Gasteiger partial charge in [-0.05, 0) is 17.7 Å². The maximum Gasteiger partial charge on any atom is 0.309 e. The standard InChI is InChI=1S/C11H12N2O3/c1-15-10(14)5-7-3-8(6-12)11(16-2)9(13)4-7/h3-4H,5,13H2,1-2H3. The second-order valence-electron chi connectivity index (χ2n) is 3.13. The van der Waals surface area contributed by atoms with Gasteiger partial charge in [-0.15, -0.1) is 0 Å². The topological polar surface area (TPSA) is 85.3 Å². The van der Waals surface area contributed by atoms with Crippen LogP contribution in [-0.2, 0) is 16.0 Å². The Morgan fingerprint density at radius 3 is 2.69 bits per heavy atom. The summed E-state index contributed by atoms with van der Waals surface area (Å²) in [4.78, 5) is 11.1. The molecule has 0 amide bonds. The van der Waals surface area contributed by atoms with Crippen LogP contribution in [-0.4, -0.2) is 20.2 Å². The quantitative estimate of drug-likeness (QED) is 0.603.